The molecule has 0 radical (unpaired) electrons. The van der Waals surface area contributed by atoms with Crippen LogP contribution in [0.25, 0.3) is 0 Å². The van der Waals surface area contributed by atoms with Crippen LogP contribution in [0.1, 0.15) is 18.0 Å². The normalized spacial score (nSPS) is 21.3. The van der Waals surface area contributed by atoms with Crippen molar-refractivity contribution in [2.24, 2.45) is 0 Å². The summed E-state index contributed by atoms with van der Waals surface area (Å²) in [6.07, 6.45) is -0.481. The Labute approximate surface area is 80.9 Å². The molecule has 1 aromatic carbocycles. The maximum atomic E-state index is 11.0. The molecule has 14 heavy (non-hydrogen) atoms. The number of esters is 1. The standard InChI is InChI=1S/C10H9NO3/c12-9-6-8(11-10(13)14-9)7-4-2-1-3-5-7/h1-5,8H,6H2,(H,11,13). The number of amides is 1. The van der Waals surface area contributed by atoms with Crippen molar-refractivity contribution >= 4 is 12.1 Å². The molecule has 2 rings (SSSR count). The molecule has 0 aromatic heterocycles. The molecule has 0 bridgehead atoms. The van der Waals surface area contributed by atoms with Crippen LogP contribution in [0.3, 0.4) is 0 Å². The van der Waals surface area contributed by atoms with Crippen molar-refractivity contribution in [2.45, 2.75) is 12.5 Å². The predicted octanol–water partition coefficient (Wildman–Crippen LogP) is 1.38. The van der Waals surface area contributed by atoms with E-state index in [-0.39, 0.29) is 12.5 Å². The average Bonchev–Trinajstić information content (AvgIpc) is 2.18. The Balaban J connectivity index is 2.19. The molecule has 1 aliphatic rings. The Morgan fingerprint density at radius 1 is 1.21 bits per heavy atom. The van der Waals surface area contributed by atoms with Gasteiger partial charge in [-0.25, -0.2) is 4.79 Å². The van der Waals surface area contributed by atoms with Gasteiger partial charge in [0.1, 0.15) is 0 Å². The molecule has 1 aromatic rings. The minimum Gasteiger partial charge on any atom is -0.376 e. The zero-order chi connectivity index (χ0) is 9.97. The van der Waals surface area contributed by atoms with Gasteiger partial charge in [0.2, 0.25) is 0 Å². The lowest BCUT2D eigenvalue weighted by molar-refractivity contribution is -0.140. The number of benzene rings is 1. The molecule has 1 unspecified atom stereocenters. The fourth-order valence-electron chi connectivity index (χ4n) is 1.42. The molecule has 72 valence electrons. The molecule has 1 N–H and O–H groups in total. The van der Waals surface area contributed by atoms with Gasteiger partial charge in [-0.05, 0) is 5.56 Å². The van der Waals surface area contributed by atoms with Gasteiger partial charge in [-0.3, -0.25) is 4.79 Å². The van der Waals surface area contributed by atoms with Crippen molar-refractivity contribution in [1.82, 2.24) is 5.32 Å². The maximum absolute atomic E-state index is 11.0. The summed E-state index contributed by atoms with van der Waals surface area (Å²) >= 11 is 0. The molecule has 1 fully saturated rings. The second-order valence-corrected chi connectivity index (χ2v) is 3.07. The molecule has 1 amide bonds. The van der Waals surface area contributed by atoms with Crippen LogP contribution in [0.4, 0.5) is 4.79 Å². The molecule has 1 atom stereocenters. The first-order chi connectivity index (χ1) is 6.75. The van der Waals surface area contributed by atoms with Gasteiger partial charge in [0, 0.05) is 0 Å². The van der Waals surface area contributed by atoms with E-state index in [4.69, 9.17) is 0 Å². The second-order valence-electron chi connectivity index (χ2n) is 3.07. The highest BCUT2D eigenvalue weighted by Crippen LogP contribution is 2.20. The third-order valence-electron chi connectivity index (χ3n) is 2.07. The summed E-state index contributed by atoms with van der Waals surface area (Å²) in [6, 6.07) is 9.08. The monoisotopic (exact) mass is 191 g/mol. The van der Waals surface area contributed by atoms with Crippen molar-refractivity contribution in [3.8, 4) is 0 Å². The van der Waals surface area contributed by atoms with Crippen LogP contribution in [-0.2, 0) is 9.53 Å². The van der Waals surface area contributed by atoms with Crippen molar-refractivity contribution in [1.29, 1.82) is 0 Å². The van der Waals surface area contributed by atoms with Crippen LogP contribution >= 0.6 is 0 Å². The van der Waals surface area contributed by atoms with Crippen molar-refractivity contribution < 1.29 is 14.3 Å². The number of hydrogen-bond acceptors (Lipinski definition) is 3. The SMILES string of the molecule is O=C1CC(c2ccccc2)NC(=O)O1. The third kappa shape index (κ3) is 1.74. The van der Waals surface area contributed by atoms with Gasteiger partial charge >= 0.3 is 12.1 Å². The van der Waals surface area contributed by atoms with Gasteiger partial charge in [-0.2, -0.15) is 0 Å². The first-order valence-corrected chi connectivity index (χ1v) is 4.32. The Hall–Kier alpha value is -1.84. The molecule has 1 saturated heterocycles. The smallest absolute Gasteiger partial charge is 0.376 e. The Morgan fingerprint density at radius 2 is 1.93 bits per heavy atom. The lowest BCUT2D eigenvalue weighted by Crippen LogP contribution is -2.38. The number of cyclic esters (lactones) is 2. The van der Waals surface area contributed by atoms with E-state index in [1.165, 1.54) is 0 Å². The van der Waals surface area contributed by atoms with Crippen molar-refractivity contribution in [3.63, 3.8) is 0 Å². The van der Waals surface area contributed by atoms with E-state index >= 15 is 0 Å². The highest BCUT2D eigenvalue weighted by molar-refractivity contribution is 5.88. The summed E-state index contributed by atoms with van der Waals surface area (Å²) in [4.78, 5) is 21.9. The third-order valence-corrected chi connectivity index (χ3v) is 2.07. The summed E-state index contributed by atoms with van der Waals surface area (Å²) in [5.74, 6) is -0.484. The zero-order valence-corrected chi connectivity index (χ0v) is 7.40. The Bertz CT molecular complexity index is 345. The average molecular weight is 191 g/mol. The topological polar surface area (TPSA) is 55.4 Å². The lowest BCUT2D eigenvalue weighted by Gasteiger charge is -2.21. The highest BCUT2D eigenvalue weighted by Gasteiger charge is 2.26. The van der Waals surface area contributed by atoms with E-state index in [0.29, 0.717) is 0 Å². The predicted molar refractivity (Wildman–Crippen MR) is 48.4 cm³/mol. The number of rotatable bonds is 1. The van der Waals surface area contributed by atoms with Crippen LogP contribution in [0.5, 0.6) is 0 Å². The van der Waals surface area contributed by atoms with E-state index in [0.717, 1.165) is 5.56 Å². The van der Waals surface area contributed by atoms with Gasteiger partial charge in [-0.1, -0.05) is 30.3 Å². The molecule has 1 aliphatic heterocycles. The Kier molecular flexibility index (Phi) is 2.18. The van der Waals surface area contributed by atoms with E-state index in [1.54, 1.807) is 0 Å². The quantitative estimate of drug-likeness (QED) is 0.539. The summed E-state index contributed by atoms with van der Waals surface area (Å²) in [5, 5.41) is 2.58. The number of hydrogen-bond donors (Lipinski definition) is 1. The summed E-state index contributed by atoms with van der Waals surface area (Å²) in [7, 11) is 0. The van der Waals surface area contributed by atoms with E-state index in [9.17, 15) is 9.59 Å². The molecule has 0 spiro atoms. The molecule has 0 aliphatic carbocycles. The molecular formula is C10H9NO3. The molecular weight excluding hydrogens is 182 g/mol. The summed E-state index contributed by atoms with van der Waals surface area (Å²) in [6.45, 7) is 0. The Morgan fingerprint density at radius 3 is 2.57 bits per heavy atom. The van der Waals surface area contributed by atoms with Gasteiger partial charge in [0.15, 0.2) is 0 Å². The van der Waals surface area contributed by atoms with Crippen molar-refractivity contribution in [3.05, 3.63) is 35.9 Å². The minimum absolute atomic E-state index is 0.190. The van der Waals surface area contributed by atoms with Crippen LogP contribution in [-0.4, -0.2) is 12.1 Å². The van der Waals surface area contributed by atoms with Crippen LogP contribution in [0.2, 0.25) is 0 Å². The highest BCUT2D eigenvalue weighted by atomic mass is 16.6. The molecule has 0 saturated carbocycles. The van der Waals surface area contributed by atoms with E-state index < -0.39 is 12.1 Å². The summed E-state index contributed by atoms with van der Waals surface area (Å²) < 4.78 is 4.35. The van der Waals surface area contributed by atoms with Crippen LogP contribution in [0, 0.1) is 0 Å². The van der Waals surface area contributed by atoms with Crippen LogP contribution in [0.15, 0.2) is 30.3 Å². The van der Waals surface area contributed by atoms with E-state index in [2.05, 4.69) is 10.1 Å². The van der Waals surface area contributed by atoms with Gasteiger partial charge in [0.25, 0.3) is 0 Å². The zero-order valence-electron chi connectivity index (χ0n) is 7.40. The molecule has 1 heterocycles. The van der Waals surface area contributed by atoms with Crippen molar-refractivity contribution in [2.75, 3.05) is 0 Å². The minimum atomic E-state index is -0.671. The number of carbonyl (C=O) groups excluding carboxylic acids is 2. The first kappa shape index (κ1) is 8.74. The van der Waals surface area contributed by atoms with Gasteiger partial charge in [-0.15, -0.1) is 0 Å². The lowest BCUT2D eigenvalue weighted by atomic mass is 10.0. The number of nitrogens with one attached hydrogen (secondary N) is 1. The largest absolute Gasteiger partial charge is 0.415 e. The molecule has 4 nitrogen and oxygen atoms in total. The number of alkyl carbamates (subject to hydrolysis) is 1. The number of ether oxygens (including phenoxy) is 1. The van der Waals surface area contributed by atoms with Gasteiger partial charge < -0.3 is 10.1 Å². The second kappa shape index (κ2) is 3.49. The molecule has 4 heteroatoms. The first-order valence-electron chi connectivity index (χ1n) is 4.32. The fourth-order valence-corrected chi connectivity index (χ4v) is 1.42. The van der Waals surface area contributed by atoms with Crippen LogP contribution < -0.4 is 5.32 Å². The van der Waals surface area contributed by atoms with Gasteiger partial charge in [0.05, 0.1) is 12.5 Å². The number of carbonyl (C=O) groups is 2. The van der Waals surface area contributed by atoms with E-state index in [1.807, 2.05) is 30.3 Å². The maximum Gasteiger partial charge on any atom is 0.415 e. The summed E-state index contributed by atoms with van der Waals surface area (Å²) in [5.41, 5.74) is 0.914. The fraction of sp³-hybridized carbons (Fsp3) is 0.200.